The molecule has 0 spiro atoms. The van der Waals surface area contributed by atoms with Gasteiger partial charge in [-0.05, 0) is 38.4 Å². The average molecular weight is 425 g/mol. The molecule has 0 aromatic carbocycles. The van der Waals surface area contributed by atoms with Crippen LogP contribution < -0.4 is 4.90 Å². The maximum absolute atomic E-state index is 10.1. The second kappa shape index (κ2) is 8.64. The number of aromatic hydroxyl groups is 2. The van der Waals surface area contributed by atoms with Crippen molar-refractivity contribution >= 4 is 11.3 Å². The van der Waals surface area contributed by atoms with Crippen LogP contribution in [0.3, 0.4) is 0 Å². The third-order valence-corrected chi connectivity index (χ3v) is 6.11. The molecule has 2 saturated heterocycles. The van der Waals surface area contributed by atoms with Crippen molar-refractivity contribution in [3.8, 4) is 23.0 Å². The van der Waals surface area contributed by atoms with Gasteiger partial charge in [0, 0.05) is 37.6 Å². The van der Waals surface area contributed by atoms with E-state index < -0.39 is 6.01 Å². The van der Waals surface area contributed by atoms with Gasteiger partial charge in [-0.1, -0.05) is 6.42 Å². The number of nitrogens with zero attached hydrogens (tertiary/aromatic N) is 7. The lowest BCUT2D eigenvalue weighted by Crippen LogP contribution is -2.34. The van der Waals surface area contributed by atoms with Crippen LogP contribution in [0.2, 0.25) is 0 Å². The Balaban J connectivity index is 1.27. The molecule has 2 aliphatic rings. The minimum absolute atomic E-state index is 0.198. The fourth-order valence-electron chi connectivity index (χ4n) is 4.46. The maximum atomic E-state index is 10.1. The zero-order chi connectivity index (χ0) is 21.2. The van der Waals surface area contributed by atoms with Crippen LogP contribution in [0.1, 0.15) is 25.7 Å². The van der Waals surface area contributed by atoms with Crippen molar-refractivity contribution in [3.05, 3.63) is 24.8 Å². The molecule has 5 heterocycles. The predicted molar refractivity (Wildman–Crippen MR) is 114 cm³/mol. The Morgan fingerprint density at radius 2 is 1.97 bits per heavy atom. The lowest BCUT2D eigenvalue weighted by Gasteiger charge is -2.26. The highest BCUT2D eigenvalue weighted by Gasteiger charge is 2.26. The van der Waals surface area contributed by atoms with Crippen LogP contribution in [0.25, 0.3) is 16.6 Å². The third-order valence-electron chi connectivity index (χ3n) is 6.11. The molecule has 3 aromatic rings. The van der Waals surface area contributed by atoms with E-state index in [-0.39, 0.29) is 12.0 Å². The highest BCUT2D eigenvalue weighted by Crippen LogP contribution is 2.32. The minimum Gasteiger partial charge on any atom is -0.493 e. The van der Waals surface area contributed by atoms with Crippen LogP contribution in [0.4, 0.5) is 5.82 Å². The summed E-state index contributed by atoms with van der Waals surface area (Å²) in [5.41, 5.74) is 1.96. The van der Waals surface area contributed by atoms with Crippen LogP contribution in [0.15, 0.2) is 24.8 Å². The quantitative estimate of drug-likeness (QED) is 0.609. The van der Waals surface area contributed by atoms with Gasteiger partial charge in [-0.15, -0.1) is 0 Å². The molecule has 0 aliphatic carbocycles. The number of hydrogen-bond acceptors (Lipinski definition) is 9. The normalized spacial score (nSPS) is 20.0. The molecule has 2 fully saturated rings. The van der Waals surface area contributed by atoms with Gasteiger partial charge in [-0.25, -0.2) is 14.5 Å². The highest BCUT2D eigenvalue weighted by molar-refractivity contribution is 5.79. The number of piperidine rings is 1. The highest BCUT2D eigenvalue weighted by atomic mass is 16.5. The summed E-state index contributed by atoms with van der Waals surface area (Å²) in [6.45, 7) is 5.83. The predicted octanol–water partition coefficient (Wildman–Crippen LogP) is 1.68. The topological polar surface area (TPSA) is 112 Å². The van der Waals surface area contributed by atoms with Gasteiger partial charge in [-0.3, -0.25) is 0 Å². The van der Waals surface area contributed by atoms with Gasteiger partial charge in [0.05, 0.1) is 18.3 Å². The first kappa shape index (κ1) is 20.0. The Morgan fingerprint density at radius 1 is 1.10 bits per heavy atom. The number of ether oxygens (including phenoxy) is 1. The Hall–Kier alpha value is -2.98. The molecule has 2 N–H and O–H groups in total. The largest absolute Gasteiger partial charge is 0.493 e. The zero-order valence-electron chi connectivity index (χ0n) is 17.4. The van der Waals surface area contributed by atoms with E-state index in [1.807, 2.05) is 6.07 Å². The van der Waals surface area contributed by atoms with E-state index in [4.69, 9.17) is 4.74 Å². The number of fused-ring (bicyclic) bond motifs is 1. The van der Waals surface area contributed by atoms with E-state index in [1.54, 1.807) is 10.7 Å². The number of hydrogen-bond donors (Lipinski definition) is 2. The summed E-state index contributed by atoms with van der Waals surface area (Å²) in [5.74, 6) is 0.559. The first-order chi connectivity index (χ1) is 15.2. The molecule has 0 saturated carbocycles. The molecular weight excluding hydrogens is 398 g/mol. The summed E-state index contributed by atoms with van der Waals surface area (Å²) >= 11 is 0. The van der Waals surface area contributed by atoms with E-state index >= 15 is 0 Å². The molecule has 164 valence electrons. The van der Waals surface area contributed by atoms with Crippen molar-refractivity contribution in [2.75, 3.05) is 44.2 Å². The molecule has 1 unspecified atom stereocenters. The van der Waals surface area contributed by atoms with Crippen LogP contribution in [0.5, 0.6) is 11.9 Å². The molecule has 10 nitrogen and oxygen atoms in total. The lowest BCUT2D eigenvalue weighted by atomic mass is 10.1. The number of anilines is 1. The molecule has 0 bridgehead atoms. The molecule has 2 aliphatic heterocycles. The van der Waals surface area contributed by atoms with Crippen LogP contribution in [-0.2, 0) is 4.74 Å². The smallest absolute Gasteiger partial charge is 0.317 e. The van der Waals surface area contributed by atoms with Crippen LogP contribution in [-0.4, -0.2) is 85.1 Å². The molecule has 0 radical (unpaired) electrons. The van der Waals surface area contributed by atoms with E-state index in [9.17, 15) is 10.2 Å². The van der Waals surface area contributed by atoms with Crippen molar-refractivity contribution in [1.29, 1.82) is 0 Å². The standard InChI is InChI=1S/C21H27N7O3/c29-20-17(11-22-21(30)25-20)15-10-18-19(23-14-24-28(18)12-15)27-7-4-16(13-27)31-9-8-26-5-2-1-3-6-26/h10-12,14,16H,1-9,13H2,(H2,22,25,29,30). The molecule has 1 atom stereocenters. The maximum Gasteiger partial charge on any atom is 0.317 e. The van der Waals surface area contributed by atoms with Crippen molar-refractivity contribution in [1.82, 2.24) is 29.5 Å². The van der Waals surface area contributed by atoms with Gasteiger partial charge in [0.25, 0.3) is 0 Å². The summed E-state index contributed by atoms with van der Waals surface area (Å²) < 4.78 is 7.89. The van der Waals surface area contributed by atoms with Gasteiger partial charge in [-0.2, -0.15) is 10.1 Å². The van der Waals surface area contributed by atoms with Gasteiger partial charge in [0.15, 0.2) is 5.82 Å². The minimum atomic E-state index is -0.464. The molecule has 0 amide bonds. The molecule has 5 rings (SSSR count). The number of likely N-dealkylation sites (tertiary alicyclic amines) is 1. The third kappa shape index (κ3) is 4.26. The Kier molecular flexibility index (Phi) is 5.56. The molecule has 3 aromatic heterocycles. The van der Waals surface area contributed by atoms with Gasteiger partial charge in [0.2, 0.25) is 5.88 Å². The summed E-state index contributed by atoms with van der Waals surface area (Å²) in [6, 6.07) is 1.43. The molecule has 10 heteroatoms. The number of aromatic nitrogens is 5. The fraction of sp³-hybridized carbons (Fsp3) is 0.524. The van der Waals surface area contributed by atoms with Gasteiger partial charge in [0.1, 0.15) is 11.8 Å². The van der Waals surface area contributed by atoms with Crippen molar-refractivity contribution in [3.63, 3.8) is 0 Å². The van der Waals surface area contributed by atoms with Crippen molar-refractivity contribution in [2.24, 2.45) is 0 Å². The Labute approximate surface area is 180 Å². The lowest BCUT2D eigenvalue weighted by molar-refractivity contribution is 0.0467. The van der Waals surface area contributed by atoms with Crippen LogP contribution >= 0.6 is 0 Å². The monoisotopic (exact) mass is 425 g/mol. The SMILES string of the molecule is Oc1ncc(-c2cc3c(N4CCC(OCCN5CCCCC5)C4)ncnn3c2)c(O)n1. The Morgan fingerprint density at radius 3 is 2.81 bits per heavy atom. The van der Waals surface area contributed by atoms with E-state index in [0.717, 1.165) is 44.0 Å². The molecular formula is C21H27N7O3. The summed E-state index contributed by atoms with van der Waals surface area (Å²) in [6.07, 6.45) is 9.83. The van der Waals surface area contributed by atoms with Crippen LogP contribution in [0, 0.1) is 0 Å². The average Bonchev–Trinajstić information content (AvgIpc) is 3.41. The molecule has 31 heavy (non-hydrogen) atoms. The first-order valence-corrected chi connectivity index (χ1v) is 10.8. The van der Waals surface area contributed by atoms with Gasteiger partial charge < -0.3 is 24.7 Å². The Bertz CT molecular complexity index is 1050. The van der Waals surface area contributed by atoms with E-state index in [0.29, 0.717) is 11.1 Å². The second-order valence-electron chi connectivity index (χ2n) is 8.18. The summed E-state index contributed by atoms with van der Waals surface area (Å²) in [4.78, 5) is 16.6. The number of rotatable bonds is 6. The summed E-state index contributed by atoms with van der Waals surface area (Å²) in [7, 11) is 0. The van der Waals surface area contributed by atoms with Crippen molar-refractivity contribution in [2.45, 2.75) is 31.8 Å². The fourth-order valence-corrected chi connectivity index (χ4v) is 4.46. The second-order valence-corrected chi connectivity index (χ2v) is 8.18. The van der Waals surface area contributed by atoms with E-state index in [1.165, 1.54) is 44.9 Å². The van der Waals surface area contributed by atoms with E-state index in [2.05, 4.69) is 29.9 Å². The van der Waals surface area contributed by atoms with Crippen molar-refractivity contribution < 1.29 is 14.9 Å². The van der Waals surface area contributed by atoms with Gasteiger partial charge >= 0.3 is 6.01 Å². The zero-order valence-corrected chi connectivity index (χ0v) is 17.4. The summed E-state index contributed by atoms with van der Waals surface area (Å²) in [5, 5.41) is 23.7. The first-order valence-electron chi connectivity index (χ1n) is 10.8.